The Balaban J connectivity index is 2.83. The summed E-state index contributed by atoms with van der Waals surface area (Å²) in [6.07, 6.45) is 1.60. The summed E-state index contributed by atoms with van der Waals surface area (Å²) >= 11 is 0. The highest BCUT2D eigenvalue weighted by Gasteiger charge is 1.93. The first-order valence-electron chi connectivity index (χ1n) is 3.28. The molecule has 1 radical (unpaired) electrons. The summed E-state index contributed by atoms with van der Waals surface area (Å²) < 4.78 is 12.6. The van der Waals surface area contributed by atoms with Crippen molar-refractivity contribution in [1.29, 1.82) is 0 Å². The Hall–Kier alpha value is -1.44. The van der Waals surface area contributed by atoms with Gasteiger partial charge >= 0.3 is 0 Å². The molecule has 0 aliphatic carbocycles. The Kier molecular flexibility index (Phi) is 1.32. The standard InChI is InChI=1S/C9H5FN/c10-8-4-3-7-2-1-5-11-9(7)6-8/h1,3-6H. The van der Waals surface area contributed by atoms with E-state index in [2.05, 4.69) is 11.1 Å². The van der Waals surface area contributed by atoms with E-state index >= 15 is 0 Å². The van der Waals surface area contributed by atoms with E-state index in [9.17, 15) is 4.39 Å². The largest absolute Gasteiger partial charge is 0.256 e. The fraction of sp³-hybridized carbons (Fsp3) is 0. The van der Waals surface area contributed by atoms with Crippen LogP contribution in [-0.4, -0.2) is 4.98 Å². The highest BCUT2D eigenvalue weighted by Crippen LogP contribution is 2.10. The van der Waals surface area contributed by atoms with E-state index in [1.54, 1.807) is 18.3 Å². The number of pyridine rings is 1. The lowest BCUT2D eigenvalue weighted by atomic mass is 10.2. The second-order valence-corrected chi connectivity index (χ2v) is 2.25. The number of halogens is 1. The second kappa shape index (κ2) is 2.31. The van der Waals surface area contributed by atoms with Crippen LogP contribution in [-0.2, 0) is 0 Å². The van der Waals surface area contributed by atoms with E-state index in [-0.39, 0.29) is 5.82 Å². The van der Waals surface area contributed by atoms with Crippen LogP contribution in [0.15, 0.2) is 30.5 Å². The van der Waals surface area contributed by atoms with Gasteiger partial charge in [-0.3, -0.25) is 4.98 Å². The minimum Gasteiger partial charge on any atom is -0.256 e. The van der Waals surface area contributed by atoms with Crippen LogP contribution in [0.2, 0.25) is 0 Å². The summed E-state index contributed by atoms with van der Waals surface area (Å²) in [4.78, 5) is 3.97. The lowest BCUT2D eigenvalue weighted by molar-refractivity contribution is 0.629. The molecule has 0 aliphatic rings. The van der Waals surface area contributed by atoms with Crippen molar-refractivity contribution in [2.75, 3.05) is 0 Å². The highest BCUT2D eigenvalue weighted by atomic mass is 19.1. The monoisotopic (exact) mass is 146 g/mol. The van der Waals surface area contributed by atoms with Gasteiger partial charge in [-0.1, -0.05) is 0 Å². The van der Waals surface area contributed by atoms with Crippen LogP contribution in [0.5, 0.6) is 0 Å². The number of benzene rings is 1. The van der Waals surface area contributed by atoms with Gasteiger partial charge in [0.15, 0.2) is 0 Å². The molecule has 0 fully saturated rings. The molecule has 2 rings (SSSR count). The predicted molar refractivity (Wildman–Crippen MR) is 40.5 cm³/mol. The lowest BCUT2D eigenvalue weighted by Gasteiger charge is -1.93. The van der Waals surface area contributed by atoms with E-state index in [0.717, 1.165) is 5.39 Å². The first kappa shape index (κ1) is 6.28. The molecule has 0 spiro atoms. The van der Waals surface area contributed by atoms with Crippen LogP contribution in [0.25, 0.3) is 10.9 Å². The van der Waals surface area contributed by atoms with Gasteiger partial charge in [-0.15, -0.1) is 0 Å². The fourth-order valence-corrected chi connectivity index (χ4v) is 0.978. The molecule has 0 bridgehead atoms. The van der Waals surface area contributed by atoms with Gasteiger partial charge in [0.2, 0.25) is 0 Å². The topological polar surface area (TPSA) is 12.9 Å². The van der Waals surface area contributed by atoms with Crippen molar-refractivity contribution in [3.63, 3.8) is 0 Å². The van der Waals surface area contributed by atoms with Crippen molar-refractivity contribution in [2.24, 2.45) is 0 Å². The number of fused-ring (bicyclic) bond motifs is 1. The molecular weight excluding hydrogens is 141 g/mol. The predicted octanol–water partition coefficient (Wildman–Crippen LogP) is 2.17. The zero-order valence-corrected chi connectivity index (χ0v) is 5.71. The van der Waals surface area contributed by atoms with Crippen molar-refractivity contribution >= 4 is 10.9 Å². The molecule has 0 unspecified atom stereocenters. The molecule has 0 N–H and O–H groups in total. The van der Waals surface area contributed by atoms with E-state index in [1.165, 1.54) is 12.1 Å². The molecule has 53 valence electrons. The summed E-state index contributed by atoms with van der Waals surface area (Å²) in [7, 11) is 0. The van der Waals surface area contributed by atoms with Crippen LogP contribution in [0.4, 0.5) is 4.39 Å². The quantitative estimate of drug-likeness (QED) is 0.555. The maximum Gasteiger partial charge on any atom is 0.125 e. The number of nitrogens with zero attached hydrogens (tertiary/aromatic N) is 1. The Labute approximate surface area is 63.5 Å². The molecule has 2 aromatic rings. The molecule has 1 aromatic carbocycles. The van der Waals surface area contributed by atoms with Crippen molar-refractivity contribution in [3.05, 3.63) is 42.3 Å². The summed E-state index contributed by atoms with van der Waals surface area (Å²) in [5.74, 6) is -0.260. The first-order valence-corrected chi connectivity index (χ1v) is 3.28. The van der Waals surface area contributed by atoms with Gasteiger partial charge in [-0.25, -0.2) is 4.39 Å². The smallest absolute Gasteiger partial charge is 0.125 e. The van der Waals surface area contributed by atoms with Gasteiger partial charge in [-0.05, 0) is 24.3 Å². The Morgan fingerprint density at radius 1 is 1.36 bits per heavy atom. The van der Waals surface area contributed by atoms with E-state index in [1.807, 2.05) is 0 Å². The molecule has 0 aliphatic heterocycles. The fourth-order valence-electron chi connectivity index (χ4n) is 0.978. The average Bonchev–Trinajstić information content (AvgIpc) is 2.04. The van der Waals surface area contributed by atoms with Gasteiger partial charge in [0.25, 0.3) is 0 Å². The number of rotatable bonds is 0. The van der Waals surface area contributed by atoms with Gasteiger partial charge in [-0.2, -0.15) is 0 Å². The minimum atomic E-state index is -0.260. The van der Waals surface area contributed by atoms with Crippen molar-refractivity contribution < 1.29 is 4.39 Å². The minimum absolute atomic E-state index is 0.260. The molecule has 0 atom stereocenters. The Morgan fingerprint density at radius 2 is 2.27 bits per heavy atom. The third kappa shape index (κ3) is 1.07. The van der Waals surface area contributed by atoms with Crippen molar-refractivity contribution in [2.45, 2.75) is 0 Å². The molecule has 1 nitrogen and oxygen atoms in total. The number of hydrogen-bond donors (Lipinski definition) is 0. The lowest BCUT2D eigenvalue weighted by Crippen LogP contribution is -1.78. The second-order valence-electron chi connectivity index (χ2n) is 2.25. The third-order valence-electron chi connectivity index (χ3n) is 1.49. The van der Waals surface area contributed by atoms with Gasteiger partial charge in [0, 0.05) is 17.6 Å². The highest BCUT2D eigenvalue weighted by molar-refractivity contribution is 5.77. The normalized spacial score (nSPS) is 10.3. The van der Waals surface area contributed by atoms with Crippen LogP contribution in [0.3, 0.4) is 0 Å². The summed E-state index contributed by atoms with van der Waals surface area (Å²) in [5.41, 5.74) is 0.646. The van der Waals surface area contributed by atoms with Crippen LogP contribution in [0, 0.1) is 11.9 Å². The van der Waals surface area contributed by atoms with Crippen LogP contribution >= 0.6 is 0 Å². The molecule has 2 heteroatoms. The molecule has 0 saturated carbocycles. The number of aromatic nitrogens is 1. The molecule has 1 heterocycles. The van der Waals surface area contributed by atoms with Crippen LogP contribution in [0.1, 0.15) is 0 Å². The summed E-state index contributed by atoms with van der Waals surface area (Å²) in [6.45, 7) is 0. The van der Waals surface area contributed by atoms with Gasteiger partial charge in [0.1, 0.15) is 5.82 Å². The van der Waals surface area contributed by atoms with Crippen molar-refractivity contribution in [3.8, 4) is 0 Å². The average molecular weight is 146 g/mol. The summed E-state index contributed by atoms with van der Waals surface area (Å²) in [5, 5.41) is 0.842. The summed E-state index contributed by atoms with van der Waals surface area (Å²) in [6, 6.07) is 9.12. The molecule has 1 aromatic heterocycles. The molecular formula is C9H5FN. The zero-order valence-electron chi connectivity index (χ0n) is 5.71. The number of hydrogen-bond acceptors (Lipinski definition) is 1. The van der Waals surface area contributed by atoms with Crippen LogP contribution < -0.4 is 0 Å². The maximum atomic E-state index is 12.6. The van der Waals surface area contributed by atoms with Gasteiger partial charge in [0.05, 0.1) is 5.52 Å². The van der Waals surface area contributed by atoms with Crippen molar-refractivity contribution in [1.82, 2.24) is 4.98 Å². The first-order chi connectivity index (χ1) is 5.36. The molecule has 0 saturated heterocycles. The molecule has 0 amide bonds. The van der Waals surface area contributed by atoms with Gasteiger partial charge < -0.3 is 0 Å². The molecule has 11 heavy (non-hydrogen) atoms. The van der Waals surface area contributed by atoms with E-state index < -0.39 is 0 Å². The Bertz CT molecular complexity index is 384. The Morgan fingerprint density at radius 3 is 3.18 bits per heavy atom. The maximum absolute atomic E-state index is 12.6. The SMILES string of the molecule is Fc1ccc2[c]ccnc2c1. The third-order valence-corrected chi connectivity index (χ3v) is 1.49. The zero-order chi connectivity index (χ0) is 7.68. The van der Waals surface area contributed by atoms with E-state index in [0.29, 0.717) is 5.52 Å². The van der Waals surface area contributed by atoms with E-state index in [4.69, 9.17) is 0 Å².